The van der Waals surface area contributed by atoms with Gasteiger partial charge in [-0.05, 0) is 19.4 Å². The fraction of sp³-hybridized carbons (Fsp3) is 1.00. The van der Waals surface area contributed by atoms with Crippen molar-refractivity contribution in [2.24, 2.45) is 0 Å². The van der Waals surface area contributed by atoms with Crippen LogP contribution in [0.1, 0.15) is 12.8 Å². The number of nitrogens with zero attached hydrogens (tertiary/aromatic N) is 1. The number of hydrogen-bond acceptors (Lipinski definition) is 1. The average molecular weight is 111 g/mol. The summed E-state index contributed by atoms with van der Waals surface area (Å²) in [4.78, 5) is 0. The average Bonchev–Trinajstić information content (AvgIpc) is 2.07. The molecule has 1 unspecified atom stereocenters. The van der Waals surface area contributed by atoms with Gasteiger partial charge in [0, 0.05) is 18.6 Å². The Hall–Kier alpha value is -0.0800. The summed E-state index contributed by atoms with van der Waals surface area (Å²) in [6.45, 7) is 3.38. The highest BCUT2D eigenvalue weighted by atomic mass is 15.1. The molecule has 1 radical (unpaired) electrons. The highest BCUT2D eigenvalue weighted by Crippen LogP contribution is 2.25. The van der Waals surface area contributed by atoms with Gasteiger partial charge in [-0.15, -0.1) is 0 Å². The van der Waals surface area contributed by atoms with Crippen LogP contribution in [-0.2, 0) is 0 Å². The van der Waals surface area contributed by atoms with Gasteiger partial charge in [0.1, 0.15) is 0 Å². The van der Waals surface area contributed by atoms with E-state index < -0.39 is 0 Å². The van der Waals surface area contributed by atoms with Crippen LogP contribution in [0.5, 0.6) is 0 Å². The Morgan fingerprint density at radius 1 is 1.38 bits per heavy atom. The molecule has 2 nitrogen and oxygen atoms in total. The van der Waals surface area contributed by atoms with Crippen LogP contribution in [0.3, 0.4) is 0 Å². The minimum atomic E-state index is 0.500. The van der Waals surface area contributed by atoms with E-state index in [1.807, 2.05) is 0 Å². The largest absolute Gasteiger partial charge is 0.310 e. The molecule has 0 bridgehead atoms. The molecule has 1 spiro atoms. The zero-order chi connectivity index (χ0) is 5.45. The van der Waals surface area contributed by atoms with E-state index >= 15 is 0 Å². The lowest BCUT2D eigenvalue weighted by atomic mass is 9.87. The quantitative estimate of drug-likeness (QED) is 0.457. The third-order valence-corrected chi connectivity index (χ3v) is 2.27. The van der Waals surface area contributed by atoms with E-state index in [-0.39, 0.29) is 0 Å². The SMILES string of the molecule is C1CC2(CCN2)C[N]1. The summed E-state index contributed by atoms with van der Waals surface area (Å²) in [5.74, 6) is 0. The lowest BCUT2D eigenvalue weighted by Gasteiger charge is -2.38. The van der Waals surface area contributed by atoms with Crippen molar-refractivity contribution in [3.05, 3.63) is 0 Å². The van der Waals surface area contributed by atoms with Crippen LogP contribution in [0.2, 0.25) is 0 Å². The number of hydrogen-bond donors (Lipinski definition) is 1. The first kappa shape index (κ1) is 4.77. The minimum absolute atomic E-state index is 0.500. The van der Waals surface area contributed by atoms with E-state index in [0.717, 1.165) is 13.1 Å². The van der Waals surface area contributed by atoms with Crippen LogP contribution < -0.4 is 10.6 Å². The summed E-state index contributed by atoms with van der Waals surface area (Å²) in [5, 5.41) is 7.72. The fourth-order valence-corrected chi connectivity index (χ4v) is 1.49. The topological polar surface area (TPSA) is 26.1 Å². The number of nitrogens with one attached hydrogen (secondary N) is 1. The van der Waals surface area contributed by atoms with Gasteiger partial charge in [-0.1, -0.05) is 0 Å². The molecular weight excluding hydrogens is 100 g/mol. The van der Waals surface area contributed by atoms with Gasteiger partial charge < -0.3 is 5.32 Å². The summed E-state index contributed by atoms with van der Waals surface area (Å²) in [7, 11) is 0. The Kier molecular flexibility index (Phi) is 0.866. The van der Waals surface area contributed by atoms with Crippen LogP contribution >= 0.6 is 0 Å². The Labute approximate surface area is 49.7 Å². The van der Waals surface area contributed by atoms with Gasteiger partial charge >= 0.3 is 0 Å². The van der Waals surface area contributed by atoms with Crippen molar-refractivity contribution in [1.82, 2.24) is 10.6 Å². The van der Waals surface area contributed by atoms with E-state index in [4.69, 9.17) is 0 Å². The molecular formula is C6H11N2. The maximum atomic E-state index is 4.30. The van der Waals surface area contributed by atoms with Gasteiger partial charge in [0.2, 0.25) is 0 Å². The van der Waals surface area contributed by atoms with Crippen molar-refractivity contribution in [1.29, 1.82) is 0 Å². The summed E-state index contributed by atoms with van der Waals surface area (Å²) in [6, 6.07) is 0. The molecule has 2 aliphatic rings. The minimum Gasteiger partial charge on any atom is -0.310 e. The fourth-order valence-electron chi connectivity index (χ4n) is 1.49. The summed E-state index contributed by atoms with van der Waals surface area (Å²) < 4.78 is 0. The molecule has 0 aromatic heterocycles. The Morgan fingerprint density at radius 2 is 2.25 bits per heavy atom. The zero-order valence-electron chi connectivity index (χ0n) is 4.98. The Balaban J connectivity index is 2.01. The molecule has 0 amide bonds. The molecule has 45 valence electrons. The van der Waals surface area contributed by atoms with E-state index in [9.17, 15) is 0 Å². The van der Waals surface area contributed by atoms with Gasteiger partial charge in [-0.25, -0.2) is 5.32 Å². The van der Waals surface area contributed by atoms with Crippen molar-refractivity contribution < 1.29 is 0 Å². The van der Waals surface area contributed by atoms with Crippen molar-refractivity contribution in [2.45, 2.75) is 18.4 Å². The third kappa shape index (κ3) is 0.501. The van der Waals surface area contributed by atoms with E-state index in [0.29, 0.717) is 5.54 Å². The summed E-state index contributed by atoms with van der Waals surface area (Å²) in [6.07, 6.45) is 2.64. The predicted octanol–water partition coefficient (Wildman–Crippen LogP) is -0.273. The summed E-state index contributed by atoms with van der Waals surface area (Å²) >= 11 is 0. The second kappa shape index (κ2) is 1.45. The smallest absolute Gasteiger partial charge is 0.0347 e. The van der Waals surface area contributed by atoms with Crippen LogP contribution in [0.25, 0.3) is 0 Å². The second-order valence-electron chi connectivity index (χ2n) is 2.81. The molecule has 2 heteroatoms. The van der Waals surface area contributed by atoms with E-state index in [2.05, 4.69) is 10.6 Å². The lowest BCUT2D eigenvalue weighted by molar-refractivity contribution is 0.232. The molecule has 8 heavy (non-hydrogen) atoms. The molecule has 0 saturated carbocycles. The van der Waals surface area contributed by atoms with Crippen LogP contribution in [0.4, 0.5) is 0 Å². The molecule has 0 aliphatic carbocycles. The van der Waals surface area contributed by atoms with Crippen molar-refractivity contribution in [2.75, 3.05) is 19.6 Å². The molecule has 2 rings (SSSR count). The van der Waals surface area contributed by atoms with Gasteiger partial charge in [0.15, 0.2) is 0 Å². The van der Waals surface area contributed by atoms with Crippen molar-refractivity contribution in [3.63, 3.8) is 0 Å². The molecule has 1 atom stereocenters. The Morgan fingerprint density at radius 3 is 2.50 bits per heavy atom. The first-order valence-electron chi connectivity index (χ1n) is 3.30. The van der Waals surface area contributed by atoms with Crippen LogP contribution in [-0.4, -0.2) is 25.2 Å². The zero-order valence-corrected chi connectivity index (χ0v) is 4.98. The second-order valence-corrected chi connectivity index (χ2v) is 2.81. The maximum absolute atomic E-state index is 4.30. The molecule has 0 aromatic rings. The van der Waals surface area contributed by atoms with Gasteiger partial charge in [-0.2, -0.15) is 0 Å². The first-order chi connectivity index (χ1) is 3.91. The normalized spacial score (nSPS) is 45.0. The highest BCUT2D eigenvalue weighted by Gasteiger charge is 2.39. The lowest BCUT2D eigenvalue weighted by Crippen LogP contribution is -2.57. The maximum Gasteiger partial charge on any atom is 0.0347 e. The monoisotopic (exact) mass is 111 g/mol. The molecule has 1 N–H and O–H groups in total. The van der Waals surface area contributed by atoms with E-state index in [1.54, 1.807) is 0 Å². The summed E-state index contributed by atoms with van der Waals surface area (Å²) in [5.41, 5.74) is 0.500. The van der Waals surface area contributed by atoms with Crippen molar-refractivity contribution in [3.8, 4) is 0 Å². The molecule has 2 saturated heterocycles. The molecule has 0 aromatic carbocycles. The molecule has 2 aliphatic heterocycles. The third-order valence-electron chi connectivity index (χ3n) is 2.27. The highest BCUT2D eigenvalue weighted by molar-refractivity contribution is 5.01. The first-order valence-corrected chi connectivity index (χ1v) is 3.30. The standard InChI is InChI=1S/C6H11N2/c1-3-7-5-6(1)2-4-8-6/h8H,1-5H2. The Bertz CT molecular complexity index is 88.7. The number of rotatable bonds is 0. The van der Waals surface area contributed by atoms with Crippen molar-refractivity contribution >= 4 is 0 Å². The molecule has 2 heterocycles. The molecule has 2 fully saturated rings. The predicted molar refractivity (Wildman–Crippen MR) is 31.8 cm³/mol. The van der Waals surface area contributed by atoms with Gasteiger partial charge in [0.25, 0.3) is 0 Å². The van der Waals surface area contributed by atoms with Crippen LogP contribution in [0, 0.1) is 0 Å². The van der Waals surface area contributed by atoms with Gasteiger partial charge in [-0.3, -0.25) is 0 Å². The van der Waals surface area contributed by atoms with Gasteiger partial charge in [0.05, 0.1) is 0 Å². The van der Waals surface area contributed by atoms with E-state index in [1.165, 1.54) is 19.4 Å². The van der Waals surface area contributed by atoms with Crippen LogP contribution in [0.15, 0.2) is 0 Å².